The fraction of sp³-hybridized carbons (Fsp3) is 0.321. The van der Waals surface area contributed by atoms with E-state index in [1.54, 1.807) is 54.5 Å². The van der Waals surface area contributed by atoms with Crippen LogP contribution in [0.2, 0.25) is 0 Å². The lowest BCUT2D eigenvalue weighted by atomic mass is 10.0. The third-order valence-electron chi connectivity index (χ3n) is 6.60. The monoisotopic (exact) mass is 524 g/mol. The molecule has 4 rings (SSSR count). The van der Waals surface area contributed by atoms with Gasteiger partial charge in [-0.15, -0.1) is 0 Å². The van der Waals surface area contributed by atoms with Crippen LogP contribution in [-0.4, -0.2) is 65.8 Å². The fourth-order valence-corrected chi connectivity index (χ4v) is 5.77. The minimum absolute atomic E-state index is 0.0641. The van der Waals surface area contributed by atoms with Crippen LogP contribution in [0.25, 0.3) is 0 Å². The molecule has 0 radical (unpaired) electrons. The van der Waals surface area contributed by atoms with Crippen molar-refractivity contribution < 1.29 is 27.4 Å². The van der Waals surface area contributed by atoms with Crippen LogP contribution in [-0.2, 0) is 14.8 Å². The molecule has 1 aliphatic rings. The van der Waals surface area contributed by atoms with Gasteiger partial charge in [0.1, 0.15) is 28.6 Å². The van der Waals surface area contributed by atoms with E-state index in [1.807, 2.05) is 32.0 Å². The Morgan fingerprint density at radius 2 is 1.68 bits per heavy atom. The summed E-state index contributed by atoms with van der Waals surface area (Å²) in [6.45, 7) is 4.63. The SMILES string of the molecule is COc1ccccc1S(=O)(=O)N(C)c1cccc(OC2CN(C(=O)c3cc(C)ccc3C)CC2OC)c1. The van der Waals surface area contributed by atoms with E-state index in [0.29, 0.717) is 30.1 Å². The predicted octanol–water partition coefficient (Wildman–Crippen LogP) is 4.06. The summed E-state index contributed by atoms with van der Waals surface area (Å²) in [4.78, 5) is 15.1. The molecular formula is C28H32N2O6S. The molecule has 37 heavy (non-hydrogen) atoms. The molecule has 0 bridgehead atoms. The molecule has 1 saturated heterocycles. The fourth-order valence-electron chi connectivity index (χ4n) is 4.43. The molecule has 0 N–H and O–H groups in total. The first-order valence-electron chi connectivity index (χ1n) is 11.9. The van der Waals surface area contributed by atoms with E-state index in [1.165, 1.54) is 24.5 Å². The highest BCUT2D eigenvalue weighted by Gasteiger charge is 2.38. The van der Waals surface area contributed by atoms with Gasteiger partial charge in [-0.1, -0.05) is 35.9 Å². The first kappa shape index (κ1) is 26.5. The average molecular weight is 525 g/mol. The molecule has 1 fully saturated rings. The maximum Gasteiger partial charge on any atom is 0.267 e. The quantitative estimate of drug-likeness (QED) is 0.442. The minimum atomic E-state index is -3.88. The number of carbonyl (C=O) groups excluding carboxylic acids is 1. The molecule has 3 aromatic rings. The number of nitrogens with zero attached hydrogens (tertiary/aromatic N) is 2. The van der Waals surface area contributed by atoms with Crippen LogP contribution in [0.15, 0.2) is 71.6 Å². The molecule has 0 aromatic heterocycles. The summed E-state index contributed by atoms with van der Waals surface area (Å²) < 4.78 is 44.9. The number of carbonyl (C=O) groups is 1. The number of rotatable bonds is 8. The molecular weight excluding hydrogens is 492 g/mol. The smallest absolute Gasteiger partial charge is 0.267 e. The Hall–Kier alpha value is -3.56. The van der Waals surface area contributed by atoms with E-state index in [9.17, 15) is 13.2 Å². The van der Waals surface area contributed by atoms with Crippen molar-refractivity contribution in [3.8, 4) is 11.5 Å². The second-order valence-corrected chi connectivity index (χ2v) is 11.0. The molecule has 1 heterocycles. The molecule has 2 atom stereocenters. The summed E-state index contributed by atoms with van der Waals surface area (Å²) in [6.07, 6.45) is -0.738. The standard InChI is InChI=1S/C28H32N2O6S/c1-19-13-14-20(2)23(15-19)28(31)30-17-25(35-5)26(18-30)36-22-10-8-9-21(16-22)29(3)37(32,33)27-12-7-6-11-24(27)34-4/h6-16,25-26H,17-18H2,1-5H3. The molecule has 196 valence electrons. The van der Waals surface area contributed by atoms with Crippen molar-refractivity contribution >= 4 is 21.6 Å². The summed E-state index contributed by atoms with van der Waals surface area (Å²) in [6, 6.07) is 19.2. The zero-order valence-corrected chi connectivity index (χ0v) is 22.5. The van der Waals surface area contributed by atoms with Crippen molar-refractivity contribution in [1.82, 2.24) is 4.90 Å². The molecule has 0 saturated carbocycles. The predicted molar refractivity (Wildman–Crippen MR) is 142 cm³/mol. The number of para-hydroxylation sites is 1. The molecule has 2 unspecified atom stereocenters. The Kier molecular flexibility index (Phi) is 7.75. The average Bonchev–Trinajstić information content (AvgIpc) is 3.31. The van der Waals surface area contributed by atoms with Crippen LogP contribution >= 0.6 is 0 Å². The maximum absolute atomic E-state index is 13.3. The van der Waals surface area contributed by atoms with Gasteiger partial charge in [0.05, 0.1) is 25.9 Å². The summed E-state index contributed by atoms with van der Waals surface area (Å²) in [5, 5.41) is 0. The van der Waals surface area contributed by atoms with Gasteiger partial charge in [-0.2, -0.15) is 0 Å². The van der Waals surface area contributed by atoms with E-state index < -0.39 is 16.1 Å². The topological polar surface area (TPSA) is 85.4 Å². The van der Waals surface area contributed by atoms with Crippen molar-refractivity contribution in [2.24, 2.45) is 0 Å². The maximum atomic E-state index is 13.3. The number of benzene rings is 3. The summed E-state index contributed by atoms with van der Waals surface area (Å²) >= 11 is 0. The summed E-state index contributed by atoms with van der Waals surface area (Å²) in [5.41, 5.74) is 3.04. The highest BCUT2D eigenvalue weighted by Crippen LogP contribution is 2.31. The second kappa shape index (κ2) is 10.8. The number of likely N-dealkylation sites (tertiary alicyclic amines) is 1. The Balaban J connectivity index is 1.53. The van der Waals surface area contributed by atoms with E-state index >= 15 is 0 Å². The lowest BCUT2D eigenvalue weighted by Crippen LogP contribution is -2.32. The normalized spacial score (nSPS) is 17.5. The van der Waals surface area contributed by atoms with Crippen LogP contribution < -0.4 is 13.8 Å². The first-order chi connectivity index (χ1) is 17.6. The number of hydrogen-bond acceptors (Lipinski definition) is 6. The van der Waals surface area contributed by atoms with E-state index in [0.717, 1.165) is 11.1 Å². The molecule has 0 aliphatic carbocycles. The number of aryl methyl sites for hydroxylation is 2. The highest BCUT2D eigenvalue weighted by molar-refractivity contribution is 7.92. The Morgan fingerprint density at radius 1 is 0.946 bits per heavy atom. The van der Waals surface area contributed by atoms with Gasteiger partial charge in [0.25, 0.3) is 15.9 Å². The Morgan fingerprint density at radius 3 is 2.41 bits per heavy atom. The van der Waals surface area contributed by atoms with Crippen molar-refractivity contribution in [2.75, 3.05) is 38.7 Å². The van der Waals surface area contributed by atoms with Gasteiger partial charge in [-0.3, -0.25) is 9.10 Å². The largest absolute Gasteiger partial charge is 0.495 e. The zero-order valence-electron chi connectivity index (χ0n) is 21.7. The van der Waals surface area contributed by atoms with Gasteiger partial charge in [0.15, 0.2) is 0 Å². The van der Waals surface area contributed by atoms with Crippen LogP contribution in [0, 0.1) is 13.8 Å². The number of anilines is 1. The second-order valence-electron chi connectivity index (χ2n) is 9.08. The summed E-state index contributed by atoms with van der Waals surface area (Å²) in [7, 11) is 0.637. The third-order valence-corrected chi connectivity index (χ3v) is 8.43. The van der Waals surface area contributed by atoms with E-state index in [2.05, 4.69) is 0 Å². The van der Waals surface area contributed by atoms with Gasteiger partial charge >= 0.3 is 0 Å². The van der Waals surface area contributed by atoms with Gasteiger partial charge in [-0.25, -0.2) is 8.42 Å². The molecule has 3 aromatic carbocycles. The van der Waals surface area contributed by atoms with Crippen LogP contribution in [0.4, 0.5) is 5.69 Å². The minimum Gasteiger partial charge on any atom is -0.495 e. The molecule has 1 amide bonds. The first-order valence-corrected chi connectivity index (χ1v) is 13.4. The lowest BCUT2D eigenvalue weighted by Gasteiger charge is -2.23. The number of ether oxygens (including phenoxy) is 3. The van der Waals surface area contributed by atoms with E-state index in [4.69, 9.17) is 14.2 Å². The van der Waals surface area contributed by atoms with Crippen LogP contribution in [0.5, 0.6) is 11.5 Å². The number of methoxy groups -OCH3 is 2. The van der Waals surface area contributed by atoms with Crippen LogP contribution in [0.1, 0.15) is 21.5 Å². The molecule has 1 aliphatic heterocycles. The van der Waals surface area contributed by atoms with Crippen LogP contribution in [0.3, 0.4) is 0 Å². The Bertz CT molecular complexity index is 1390. The van der Waals surface area contributed by atoms with Crippen molar-refractivity contribution in [3.05, 3.63) is 83.4 Å². The van der Waals surface area contributed by atoms with Gasteiger partial charge in [0, 0.05) is 25.8 Å². The third kappa shape index (κ3) is 5.42. The number of hydrogen-bond donors (Lipinski definition) is 0. The molecule has 0 spiro atoms. The van der Waals surface area contributed by atoms with Gasteiger partial charge in [-0.05, 0) is 49.7 Å². The van der Waals surface area contributed by atoms with E-state index in [-0.39, 0.29) is 22.7 Å². The van der Waals surface area contributed by atoms with Crippen molar-refractivity contribution in [2.45, 2.75) is 31.0 Å². The zero-order chi connectivity index (χ0) is 26.7. The molecule has 9 heteroatoms. The highest BCUT2D eigenvalue weighted by atomic mass is 32.2. The Labute approximate surface area is 218 Å². The number of amides is 1. The molecule has 8 nitrogen and oxygen atoms in total. The van der Waals surface area contributed by atoms with Gasteiger partial charge in [0.2, 0.25) is 0 Å². The van der Waals surface area contributed by atoms with Crippen molar-refractivity contribution in [1.29, 1.82) is 0 Å². The number of sulfonamides is 1. The van der Waals surface area contributed by atoms with Gasteiger partial charge < -0.3 is 19.1 Å². The van der Waals surface area contributed by atoms with Crippen molar-refractivity contribution in [3.63, 3.8) is 0 Å². The lowest BCUT2D eigenvalue weighted by molar-refractivity contribution is 0.0340. The summed E-state index contributed by atoms with van der Waals surface area (Å²) in [5.74, 6) is 0.683.